The summed E-state index contributed by atoms with van der Waals surface area (Å²) in [7, 11) is 0. The largest absolute Gasteiger partial charge is 0.458 e. The standard InChI is InChI=1S/C22H22N8O16/c23-5-3-1-2-4-22(24,20(31)45-10-14-16(27(37)38)6-12(25(33)34)7-17(14)28(39)40)21(32)46-11-15-18(29(41)42)8-13(26(35)36)9-19(15)30(43)44/h6-9H,1-5,10-11,23-24H2. The Kier molecular flexibility index (Phi) is 11.6. The molecule has 0 aliphatic heterocycles. The molecule has 24 heteroatoms. The minimum atomic E-state index is -2.82. The third-order valence-electron chi connectivity index (χ3n) is 6.28. The Balaban J connectivity index is 2.50. The van der Waals surface area contributed by atoms with Crippen LogP contribution in [0.1, 0.15) is 36.8 Å². The number of benzene rings is 2. The van der Waals surface area contributed by atoms with Crippen molar-refractivity contribution in [3.8, 4) is 0 Å². The Bertz CT molecular complexity index is 1450. The van der Waals surface area contributed by atoms with E-state index in [-0.39, 0.29) is 19.4 Å². The summed E-state index contributed by atoms with van der Waals surface area (Å²) in [6.45, 7) is -2.40. The van der Waals surface area contributed by atoms with E-state index in [1.807, 2.05) is 0 Å². The van der Waals surface area contributed by atoms with Crippen molar-refractivity contribution < 1.29 is 48.6 Å². The highest BCUT2D eigenvalue weighted by Gasteiger charge is 2.46. The molecule has 0 radical (unpaired) electrons. The SMILES string of the molecule is NCCCCCC(N)(C(=O)OCc1c([N+](=O)[O-])cc([N+](=O)[O-])cc1[N+](=O)[O-])C(=O)OCc1c([N+](=O)[O-])cc([N+](=O)[O-])cc1[N+](=O)[O-]. The van der Waals surface area contributed by atoms with Crippen LogP contribution >= 0.6 is 0 Å². The fraction of sp³-hybridized carbons (Fsp3) is 0.364. The monoisotopic (exact) mass is 654 g/mol. The number of hydrogen-bond acceptors (Lipinski definition) is 18. The van der Waals surface area contributed by atoms with Crippen LogP contribution in [0.15, 0.2) is 24.3 Å². The molecular formula is C22H22N8O16. The summed E-state index contributed by atoms with van der Waals surface area (Å²) in [6.07, 6.45) is 0.0459. The lowest BCUT2D eigenvalue weighted by Crippen LogP contribution is -2.56. The van der Waals surface area contributed by atoms with Crippen molar-refractivity contribution in [1.29, 1.82) is 0 Å². The van der Waals surface area contributed by atoms with Crippen LogP contribution in [-0.2, 0) is 32.3 Å². The number of carbonyl (C=O) groups excluding carboxylic acids is 2. The highest BCUT2D eigenvalue weighted by Crippen LogP contribution is 2.36. The van der Waals surface area contributed by atoms with Gasteiger partial charge in [-0.1, -0.05) is 12.8 Å². The normalized spacial score (nSPS) is 10.9. The van der Waals surface area contributed by atoms with Gasteiger partial charge in [0.2, 0.25) is 5.54 Å². The predicted molar refractivity (Wildman–Crippen MR) is 147 cm³/mol. The van der Waals surface area contributed by atoms with Crippen LogP contribution in [0.25, 0.3) is 0 Å². The summed E-state index contributed by atoms with van der Waals surface area (Å²) >= 11 is 0. The number of nitro groups is 6. The van der Waals surface area contributed by atoms with E-state index in [4.69, 9.17) is 20.9 Å². The molecule has 0 saturated heterocycles. The fourth-order valence-corrected chi connectivity index (χ4v) is 3.96. The molecule has 24 nitrogen and oxygen atoms in total. The van der Waals surface area contributed by atoms with E-state index >= 15 is 0 Å². The zero-order valence-corrected chi connectivity index (χ0v) is 23.1. The van der Waals surface area contributed by atoms with Gasteiger partial charge in [0.1, 0.15) is 24.3 Å². The van der Waals surface area contributed by atoms with Gasteiger partial charge in [0.15, 0.2) is 0 Å². The average Bonchev–Trinajstić information content (AvgIpc) is 2.99. The quantitative estimate of drug-likeness (QED) is 0.0810. The Morgan fingerprint density at radius 3 is 1.17 bits per heavy atom. The summed E-state index contributed by atoms with van der Waals surface area (Å²) < 4.78 is 9.82. The smallest absolute Gasteiger partial charge is 0.338 e. The van der Waals surface area contributed by atoms with E-state index in [0.29, 0.717) is 30.7 Å². The topological polar surface area (TPSA) is 363 Å². The molecule has 0 fully saturated rings. The number of esters is 2. The second-order valence-electron chi connectivity index (χ2n) is 9.19. The number of rotatable bonds is 17. The first-order chi connectivity index (χ1) is 21.5. The Hall–Kier alpha value is -6.30. The van der Waals surface area contributed by atoms with Gasteiger partial charge in [-0.25, -0.2) is 9.59 Å². The molecule has 2 aromatic rings. The molecule has 4 N–H and O–H groups in total. The van der Waals surface area contributed by atoms with Crippen LogP contribution in [0.4, 0.5) is 34.1 Å². The van der Waals surface area contributed by atoms with Crippen molar-refractivity contribution in [2.24, 2.45) is 11.5 Å². The van der Waals surface area contributed by atoms with E-state index in [0.717, 1.165) is 0 Å². The minimum Gasteiger partial charge on any atom is -0.458 e. The first kappa shape index (κ1) is 35.9. The van der Waals surface area contributed by atoms with Crippen molar-refractivity contribution >= 4 is 46.1 Å². The molecule has 0 spiro atoms. The number of ether oxygens (including phenoxy) is 2. The number of nitro benzene ring substituents is 6. The number of hydrogen-bond donors (Lipinski definition) is 2. The van der Waals surface area contributed by atoms with Crippen LogP contribution < -0.4 is 11.5 Å². The summed E-state index contributed by atoms with van der Waals surface area (Å²) in [5, 5.41) is 68.3. The Morgan fingerprint density at radius 2 is 0.913 bits per heavy atom. The molecule has 0 saturated carbocycles. The second-order valence-corrected chi connectivity index (χ2v) is 9.19. The number of nitrogens with zero attached hydrogens (tertiary/aromatic N) is 6. The first-order valence-corrected chi connectivity index (χ1v) is 12.5. The third-order valence-corrected chi connectivity index (χ3v) is 6.28. The Morgan fingerprint density at radius 1 is 0.587 bits per heavy atom. The zero-order chi connectivity index (χ0) is 34.9. The molecule has 0 amide bonds. The number of non-ortho nitro benzene ring substituents is 2. The van der Waals surface area contributed by atoms with Gasteiger partial charge in [0.25, 0.3) is 34.1 Å². The van der Waals surface area contributed by atoms with Crippen LogP contribution in [0.3, 0.4) is 0 Å². The number of carbonyl (C=O) groups is 2. The molecule has 0 heterocycles. The summed E-state index contributed by atoms with van der Waals surface area (Å²) in [5.74, 6) is -3.36. The molecule has 0 atom stereocenters. The van der Waals surface area contributed by atoms with Crippen molar-refractivity contribution in [1.82, 2.24) is 0 Å². The molecule has 46 heavy (non-hydrogen) atoms. The van der Waals surface area contributed by atoms with Crippen LogP contribution in [-0.4, -0.2) is 53.6 Å². The molecule has 0 aliphatic rings. The lowest BCUT2D eigenvalue weighted by molar-refractivity contribution is -0.404. The molecule has 0 aliphatic carbocycles. The molecule has 2 rings (SSSR count). The van der Waals surface area contributed by atoms with Gasteiger partial charge in [0.05, 0.1) is 53.8 Å². The summed E-state index contributed by atoms with van der Waals surface area (Å²) in [4.78, 5) is 87.5. The lowest BCUT2D eigenvalue weighted by atomic mass is 9.93. The van der Waals surface area contributed by atoms with Gasteiger partial charge in [-0.05, 0) is 19.4 Å². The van der Waals surface area contributed by atoms with Crippen LogP contribution in [0.2, 0.25) is 0 Å². The highest BCUT2D eigenvalue weighted by atomic mass is 16.7. The minimum absolute atomic E-state index is 0.0203. The second kappa shape index (κ2) is 14.9. The number of unbranched alkanes of at least 4 members (excludes halogenated alkanes) is 2. The van der Waals surface area contributed by atoms with Crippen molar-refractivity contribution in [2.75, 3.05) is 6.54 Å². The van der Waals surface area contributed by atoms with E-state index < -0.39 is 112 Å². The lowest BCUT2D eigenvalue weighted by Gasteiger charge is -2.25. The first-order valence-electron chi connectivity index (χ1n) is 12.5. The molecular weight excluding hydrogens is 632 g/mol. The van der Waals surface area contributed by atoms with Gasteiger partial charge < -0.3 is 20.9 Å². The Labute approximate surface area is 253 Å². The maximum atomic E-state index is 13.2. The molecule has 0 bridgehead atoms. The van der Waals surface area contributed by atoms with Gasteiger partial charge in [-0.15, -0.1) is 0 Å². The van der Waals surface area contributed by atoms with Gasteiger partial charge in [-0.3, -0.25) is 60.7 Å². The molecule has 2 aromatic carbocycles. The highest BCUT2D eigenvalue weighted by molar-refractivity contribution is 6.04. The van der Waals surface area contributed by atoms with Gasteiger partial charge in [-0.2, -0.15) is 0 Å². The van der Waals surface area contributed by atoms with Crippen molar-refractivity contribution in [2.45, 2.75) is 44.4 Å². The maximum absolute atomic E-state index is 13.2. The fourth-order valence-electron chi connectivity index (χ4n) is 3.96. The van der Waals surface area contributed by atoms with Crippen molar-refractivity contribution in [3.05, 3.63) is 96.1 Å². The average molecular weight is 654 g/mol. The van der Waals surface area contributed by atoms with E-state index in [2.05, 4.69) is 0 Å². The van der Waals surface area contributed by atoms with Gasteiger partial charge in [0, 0.05) is 0 Å². The summed E-state index contributed by atoms with van der Waals surface area (Å²) in [5.41, 5.74) is 0.0160. The van der Waals surface area contributed by atoms with E-state index in [1.54, 1.807) is 0 Å². The maximum Gasteiger partial charge on any atom is 0.338 e. The third kappa shape index (κ3) is 8.20. The molecule has 0 unspecified atom stereocenters. The predicted octanol–water partition coefficient (Wildman–Crippen LogP) is 2.14. The van der Waals surface area contributed by atoms with Gasteiger partial charge >= 0.3 is 11.9 Å². The molecule has 0 aromatic heterocycles. The van der Waals surface area contributed by atoms with Crippen molar-refractivity contribution in [3.63, 3.8) is 0 Å². The zero-order valence-electron chi connectivity index (χ0n) is 23.1. The van der Waals surface area contributed by atoms with Crippen LogP contribution in [0.5, 0.6) is 0 Å². The van der Waals surface area contributed by atoms with Crippen LogP contribution in [0, 0.1) is 60.7 Å². The summed E-state index contributed by atoms with van der Waals surface area (Å²) in [6, 6.07) is 1.49. The van der Waals surface area contributed by atoms with E-state index in [1.165, 1.54) is 0 Å². The van der Waals surface area contributed by atoms with E-state index in [9.17, 15) is 70.3 Å². The number of nitrogens with two attached hydrogens (primary N) is 2. The molecule has 246 valence electrons.